The number of hydroxylamine groups is 2. The first-order valence-corrected chi connectivity index (χ1v) is 6.49. The summed E-state index contributed by atoms with van der Waals surface area (Å²) in [4.78, 5) is 33.6. The lowest BCUT2D eigenvalue weighted by molar-refractivity contribution is -0.124. The van der Waals surface area contributed by atoms with Crippen molar-refractivity contribution in [1.82, 2.24) is 15.3 Å². The molecule has 2 heterocycles. The number of hydrogen-bond acceptors (Lipinski definition) is 4. The topological polar surface area (TPSA) is 111 Å². The third kappa shape index (κ3) is 3.15. The first-order valence-electron chi connectivity index (χ1n) is 6.49. The van der Waals surface area contributed by atoms with Gasteiger partial charge in [-0.1, -0.05) is 23.3 Å². The third-order valence-corrected chi connectivity index (χ3v) is 3.14. The number of hydrogen-bond donors (Lipinski definition) is 1. The first kappa shape index (κ1) is 14.9. The normalized spacial score (nSPS) is 23.0. The average molecular weight is 292 g/mol. The highest BCUT2D eigenvalue weighted by atomic mass is 16.7. The summed E-state index contributed by atoms with van der Waals surface area (Å²) in [6.45, 7) is 4.57. The van der Waals surface area contributed by atoms with Crippen LogP contribution in [0.25, 0.3) is 10.4 Å². The summed E-state index contributed by atoms with van der Waals surface area (Å²) in [5.74, 6) is -0.309. The molecule has 112 valence electrons. The number of fused-ring (bicyclic) bond motifs is 2. The number of urea groups is 1. The molecule has 2 bridgehead atoms. The lowest BCUT2D eigenvalue weighted by Crippen LogP contribution is -2.48. The molecule has 3 amide bonds. The highest BCUT2D eigenvalue weighted by Crippen LogP contribution is 2.25. The van der Waals surface area contributed by atoms with Gasteiger partial charge in [-0.25, -0.2) is 4.79 Å². The van der Waals surface area contributed by atoms with E-state index in [1.807, 2.05) is 0 Å². The molecular weight excluding hydrogens is 276 g/mol. The van der Waals surface area contributed by atoms with Crippen LogP contribution in [0.15, 0.2) is 29.9 Å². The molecule has 2 atom stereocenters. The van der Waals surface area contributed by atoms with Crippen LogP contribution in [-0.4, -0.2) is 60.2 Å². The molecule has 21 heavy (non-hydrogen) atoms. The smallest absolute Gasteiger partial charge is 0.345 e. The largest absolute Gasteiger partial charge is 0.354 e. The van der Waals surface area contributed by atoms with Gasteiger partial charge in [0.15, 0.2) is 0 Å². The fourth-order valence-corrected chi connectivity index (χ4v) is 2.22. The second-order valence-corrected chi connectivity index (χ2v) is 4.49. The van der Waals surface area contributed by atoms with Crippen molar-refractivity contribution in [3.63, 3.8) is 0 Å². The third-order valence-electron chi connectivity index (χ3n) is 3.14. The fourth-order valence-electron chi connectivity index (χ4n) is 2.22. The number of amides is 3. The van der Waals surface area contributed by atoms with Crippen molar-refractivity contribution in [2.24, 2.45) is 5.11 Å². The zero-order chi connectivity index (χ0) is 15.2. The Morgan fingerprint density at radius 2 is 2.48 bits per heavy atom. The molecule has 0 spiro atoms. The van der Waals surface area contributed by atoms with E-state index in [1.54, 1.807) is 18.2 Å². The molecule has 1 unspecified atom stereocenters. The SMILES string of the molecule is C=CCON1C(=O)N2CC1C=C[C@H]2C(=O)NCCN=[N+]=[N-]. The summed E-state index contributed by atoms with van der Waals surface area (Å²) in [6.07, 6.45) is 5.00. The molecule has 9 nitrogen and oxygen atoms in total. The van der Waals surface area contributed by atoms with Gasteiger partial charge in [-0.3, -0.25) is 9.63 Å². The summed E-state index contributed by atoms with van der Waals surface area (Å²) >= 11 is 0. The quantitative estimate of drug-likeness (QED) is 0.243. The molecule has 1 N–H and O–H groups in total. The molecule has 1 saturated heterocycles. The van der Waals surface area contributed by atoms with Crippen molar-refractivity contribution in [2.45, 2.75) is 12.1 Å². The molecule has 2 rings (SSSR count). The van der Waals surface area contributed by atoms with Crippen molar-refractivity contribution >= 4 is 11.9 Å². The van der Waals surface area contributed by atoms with Gasteiger partial charge in [-0.2, -0.15) is 5.06 Å². The molecule has 2 aliphatic heterocycles. The predicted molar refractivity (Wildman–Crippen MR) is 73.8 cm³/mol. The monoisotopic (exact) mass is 292 g/mol. The van der Waals surface area contributed by atoms with Crippen LogP contribution >= 0.6 is 0 Å². The minimum Gasteiger partial charge on any atom is -0.354 e. The zero-order valence-electron chi connectivity index (χ0n) is 11.4. The standard InChI is InChI=1S/C12H16N6O3/c1-2-7-21-18-9-3-4-10(17(8-9)12(18)20)11(19)14-5-6-15-16-13/h2-4,9-10H,1,5-8H2,(H,14,19)/t9?,10-/m0/s1. The highest BCUT2D eigenvalue weighted by Gasteiger charge is 2.44. The molecule has 2 aliphatic rings. The lowest BCUT2D eigenvalue weighted by atomic mass is 10.1. The van der Waals surface area contributed by atoms with Crippen LogP contribution < -0.4 is 5.32 Å². The highest BCUT2D eigenvalue weighted by molar-refractivity contribution is 5.90. The van der Waals surface area contributed by atoms with Gasteiger partial charge in [0, 0.05) is 18.0 Å². The summed E-state index contributed by atoms with van der Waals surface area (Å²) in [7, 11) is 0. The van der Waals surface area contributed by atoms with Crippen molar-refractivity contribution in [3.05, 3.63) is 35.2 Å². The summed E-state index contributed by atoms with van der Waals surface area (Å²) in [5, 5.41) is 7.21. The van der Waals surface area contributed by atoms with Crippen LogP contribution in [0.2, 0.25) is 0 Å². The van der Waals surface area contributed by atoms with Gasteiger partial charge in [0.2, 0.25) is 5.91 Å². The van der Waals surface area contributed by atoms with Gasteiger partial charge in [0.25, 0.3) is 0 Å². The minimum absolute atomic E-state index is 0.170. The Hall–Kier alpha value is -2.51. The number of rotatable bonds is 7. The minimum atomic E-state index is -0.669. The van der Waals surface area contributed by atoms with E-state index in [1.165, 1.54) is 9.96 Å². The van der Waals surface area contributed by atoms with Crippen LogP contribution in [0, 0.1) is 0 Å². The van der Waals surface area contributed by atoms with Crippen LogP contribution in [0.1, 0.15) is 0 Å². The molecule has 0 aliphatic carbocycles. The van der Waals surface area contributed by atoms with E-state index in [4.69, 9.17) is 10.4 Å². The molecular formula is C12H16N6O3. The van der Waals surface area contributed by atoms with Crippen LogP contribution in [0.5, 0.6) is 0 Å². The van der Waals surface area contributed by atoms with E-state index in [0.29, 0.717) is 6.54 Å². The maximum Gasteiger partial charge on any atom is 0.345 e. The molecule has 0 aromatic heterocycles. The molecule has 0 aromatic carbocycles. The predicted octanol–water partition coefficient (Wildman–Crippen LogP) is 0.575. The van der Waals surface area contributed by atoms with Gasteiger partial charge >= 0.3 is 6.03 Å². The first-order chi connectivity index (χ1) is 10.2. The Balaban J connectivity index is 1.95. The van der Waals surface area contributed by atoms with E-state index < -0.39 is 6.04 Å². The summed E-state index contributed by atoms with van der Waals surface area (Å²) in [6, 6.07) is -1.20. The average Bonchev–Trinajstić information content (AvgIpc) is 2.73. The number of nitrogens with one attached hydrogen (secondary N) is 1. The zero-order valence-corrected chi connectivity index (χ0v) is 11.4. The Labute approximate surface area is 121 Å². The Bertz CT molecular complexity index is 513. The van der Waals surface area contributed by atoms with Gasteiger partial charge < -0.3 is 10.2 Å². The van der Waals surface area contributed by atoms with Crippen molar-refractivity contribution in [1.29, 1.82) is 0 Å². The molecule has 0 radical (unpaired) electrons. The number of carbonyl (C=O) groups is 2. The van der Waals surface area contributed by atoms with Crippen LogP contribution in [0.3, 0.4) is 0 Å². The van der Waals surface area contributed by atoms with Gasteiger partial charge in [0.1, 0.15) is 6.04 Å². The number of azide groups is 1. The van der Waals surface area contributed by atoms with Crippen LogP contribution in [0.4, 0.5) is 4.79 Å². The van der Waals surface area contributed by atoms with Crippen molar-refractivity contribution in [2.75, 3.05) is 26.2 Å². The number of nitrogens with zero attached hydrogens (tertiary/aromatic N) is 5. The maximum atomic E-state index is 12.2. The lowest BCUT2D eigenvalue weighted by Gasteiger charge is -2.25. The van der Waals surface area contributed by atoms with Gasteiger partial charge in [-0.05, 0) is 5.53 Å². The van der Waals surface area contributed by atoms with E-state index in [-0.39, 0.29) is 37.7 Å². The van der Waals surface area contributed by atoms with Crippen molar-refractivity contribution in [3.8, 4) is 0 Å². The van der Waals surface area contributed by atoms with Crippen LogP contribution in [-0.2, 0) is 9.63 Å². The van der Waals surface area contributed by atoms with Gasteiger partial charge in [0.05, 0.1) is 19.2 Å². The van der Waals surface area contributed by atoms with Crippen molar-refractivity contribution < 1.29 is 14.4 Å². The second kappa shape index (κ2) is 6.78. The van der Waals surface area contributed by atoms with E-state index in [9.17, 15) is 9.59 Å². The second-order valence-electron chi connectivity index (χ2n) is 4.49. The summed E-state index contributed by atoms with van der Waals surface area (Å²) < 4.78 is 0. The number of carbonyl (C=O) groups excluding carboxylic acids is 2. The van der Waals surface area contributed by atoms with E-state index in [0.717, 1.165) is 0 Å². The molecule has 0 aromatic rings. The molecule has 9 heteroatoms. The molecule has 1 fully saturated rings. The Kier molecular flexibility index (Phi) is 4.81. The summed E-state index contributed by atoms with van der Waals surface area (Å²) in [5.41, 5.74) is 8.16. The van der Waals surface area contributed by atoms with E-state index in [2.05, 4.69) is 21.9 Å². The Morgan fingerprint density at radius 1 is 1.67 bits per heavy atom. The Morgan fingerprint density at radius 3 is 3.19 bits per heavy atom. The molecule has 0 saturated carbocycles. The van der Waals surface area contributed by atoms with Gasteiger partial charge in [-0.15, -0.1) is 6.58 Å². The maximum absolute atomic E-state index is 12.2. The fraction of sp³-hybridized carbons (Fsp3) is 0.500. The van der Waals surface area contributed by atoms with E-state index >= 15 is 0 Å².